The van der Waals surface area contributed by atoms with Crippen molar-refractivity contribution in [3.05, 3.63) is 18.4 Å². The van der Waals surface area contributed by atoms with Gasteiger partial charge in [0.05, 0.1) is 6.26 Å². The zero-order chi connectivity index (χ0) is 14.9. The van der Waals surface area contributed by atoms with E-state index in [1.807, 2.05) is 11.0 Å². The van der Waals surface area contributed by atoms with Crippen molar-refractivity contribution < 1.29 is 9.21 Å². The molecule has 2 aliphatic rings. The van der Waals surface area contributed by atoms with Crippen LogP contribution >= 0.6 is 11.3 Å². The fourth-order valence-electron chi connectivity index (χ4n) is 3.52. The summed E-state index contributed by atoms with van der Waals surface area (Å²) in [5.41, 5.74) is 0. The average molecular weight is 318 g/mol. The number of hydrogen-bond acceptors (Lipinski definition) is 5. The summed E-state index contributed by atoms with van der Waals surface area (Å²) in [5.74, 6) is 2.05. The maximum atomic E-state index is 12.4. The summed E-state index contributed by atoms with van der Waals surface area (Å²) in [7, 11) is 0. The van der Waals surface area contributed by atoms with Gasteiger partial charge in [-0.2, -0.15) is 0 Å². The first-order valence-corrected chi connectivity index (χ1v) is 8.54. The molecule has 1 aliphatic heterocycles. The van der Waals surface area contributed by atoms with Crippen LogP contribution in [0.15, 0.2) is 22.8 Å². The second-order valence-electron chi connectivity index (χ2n) is 6.03. The van der Waals surface area contributed by atoms with Gasteiger partial charge in [0.2, 0.25) is 5.13 Å². The van der Waals surface area contributed by atoms with Crippen LogP contribution in [0, 0.1) is 11.8 Å². The Hall–Kier alpha value is -1.89. The van der Waals surface area contributed by atoms with E-state index in [0.29, 0.717) is 27.7 Å². The zero-order valence-electron chi connectivity index (χ0n) is 12.2. The van der Waals surface area contributed by atoms with Gasteiger partial charge in [-0.05, 0) is 36.8 Å². The van der Waals surface area contributed by atoms with E-state index >= 15 is 0 Å². The minimum absolute atomic E-state index is 0.0588. The third-order valence-electron chi connectivity index (χ3n) is 4.63. The average Bonchev–Trinajstić information content (AvgIpc) is 3.26. The number of hydrogen-bond donors (Lipinski definition) is 1. The Morgan fingerprint density at radius 2 is 2.05 bits per heavy atom. The SMILES string of the molecule is O=C(Nc1nnc(-c2ccco2)s1)N1CC2CCCCC2C1. The molecule has 1 aliphatic carbocycles. The van der Waals surface area contributed by atoms with Gasteiger partial charge in [-0.15, -0.1) is 10.2 Å². The van der Waals surface area contributed by atoms with Crippen molar-refractivity contribution >= 4 is 22.5 Å². The highest BCUT2D eigenvalue weighted by molar-refractivity contribution is 7.18. The summed E-state index contributed by atoms with van der Waals surface area (Å²) < 4.78 is 5.29. The lowest BCUT2D eigenvalue weighted by molar-refractivity contribution is 0.220. The number of carbonyl (C=O) groups excluding carboxylic acids is 1. The number of nitrogens with one attached hydrogen (secondary N) is 1. The standard InChI is InChI=1S/C15H18N4O2S/c20-15(19-8-10-4-1-2-5-11(10)9-19)16-14-18-17-13(22-14)12-6-3-7-21-12/h3,6-7,10-11H,1-2,4-5,8-9H2,(H,16,18,20). The van der Waals surface area contributed by atoms with Gasteiger partial charge in [-0.3, -0.25) is 5.32 Å². The number of furan rings is 1. The van der Waals surface area contributed by atoms with E-state index < -0.39 is 0 Å². The molecule has 2 fully saturated rings. The molecule has 0 radical (unpaired) electrons. The predicted molar refractivity (Wildman–Crippen MR) is 83.7 cm³/mol. The van der Waals surface area contributed by atoms with Gasteiger partial charge in [0.15, 0.2) is 10.8 Å². The highest BCUT2D eigenvalue weighted by Crippen LogP contribution is 2.36. The number of aromatic nitrogens is 2. The Morgan fingerprint density at radius 1 is 1.27 bits per heavy atom. The Labute approximate surface area is 132 Å². The summed E-state index contributed by atoms with van der Waals surface area (Å²) in [6.45, 7) is 1.75. The maximum absolute atomic E-state index is 12.4. The van der Waals surface area contributed by atoms with Crippen LogP contribution in [0.5, 0.6) is 0 Å². The number of rotatable bonds is 2. The molecule has 1 saturated heterocycles. The van der Waals surface area contributed by atoms with Crippen LogP contribution < -0.4 is 5.32 Å². The number of amides is 2. The lowest BCUT2D eigenvalue weighted by Crippen LogP contribution is -2.33. The van der Waals surface area contributed by atoms with Crippen LogP contribution in [0.25, 0.3) is 10.8 Å². The molecule has 7 heteroatoms. The fourth-order valence-corrected chi connectivity index (χ4v) is 4.22. The van der Waals surface area contributed by atoms with Crippen molar-refractivity contribution in [2.24, 2.45) is 11.8 Å². The molecular weight excluding hydrogens is 300 g/mol. The smallest absolute Gasteiger partial charge is 0.323 e. The van der Waals surface area contributed by atoms with Gasteiger partial charge < -0.3 is 9.32 Å². The number of urea groups is 1. The lowest BCUT2D eigenvalue weighted by atomic mass is 9.82. The molecule has 22 heavy (non-hydrogen) atoms. The van der Waals surface area contributed by atoms with E-state index in [2.05, 4.69) is 15.5 Å². The van der Waals surface area contributed by atoms with Gasteiger partial charge >= 0.3 is 6.03 Å². The minimum Gasteiger partial charge on any atom is -0.462 e. The van der Waals surface area contributed by atoms with Crippen molar-refractivity contribution in [1.29, 1.82) is 0 Å². The second kappa shape index (κ2) is 5.72. The molecule has 0 bridgehead atoms. The van der Waals surface area contributed by atoms with E-state index in [0.717, 1.165) is 13.1 Å². The number of carbonyl (C=O) groups is 1. The molecule has 2 amide bonds. The van der Waals surface area contributed by atoms with Crippen molar-refractivity contribution in [2.75, 3.05) is 18.4 Å². The third kappa shape index (κ3) is 2.61. The summed E-state index contributed by atoms with van der Waals surface area (Å²) >= 11 is 1.33. The molecular formula is C15H18N4O2S. The topological polar surface area (TPSA) is 71.3 Å². The number of fused-ring (bicyclic) bond motifs is 1. The highest BCUT2D eigenvalue weighted by Gasteiger charge is 2.36. The predicted octanol–water partition coefficient (Wildman–Crippen LogP) is 3.45. The number of nitrogens with zero attached hydrogens (tertiary/aromatic N) is 3. The molecule has 0 aromatic carbocycles. The molecule has 3 heterocycles. The monoisotopic (exact) mass is 318 g/mol. The van der Waals surface area contributed by atoms with Gasteiger partial charge in [0.1, 0.15) is 0 Å². The molecule has 1 saturated carbocycles. The van der Waals surface area contributed by atoms with E-state index in [-0.39, 0.29) is 6.03 Å². The molecule has 116 valence electrons. The summed E-state index contributed by atoms with van der Waals surface area (Å²) in [6.07, 6.45) is 6.73. The highest BCUT2D eigenvalue weighted by atomic mass is 32.1. The van der Waals surface area contributed by atoms with Gasteiger partial charge in [-0.25, -0.2) is 4.79 Å². The fraction of sp³-hybridized carbons (Fsp3) is 0.533. The normalized spacial score (nSPS) is 24.3. The van der Waals surface area contributed by atoms with Crippen LogP contribution in [0.4, 0.5) is 9.93 Å². The van der Waals surface area contributed by atoms with Crippen molar-refractivity contribution in [3.8, 4) is 10.8 Å². The largest absolute Gasteiger partial charge is 0.462 e. The molecule has 0 spiro atoms. The van der Waals surface area contributed by atoms with Crippen LogP contribution in [0.3, 0.4) is 0 Å². The van der Waals surface area contributed by atoms with Gasteiger partial charge in [0.25, 0.3) is 0 Å². The van der Waals surface area contributed by atoms with Crippen LogP contribution in [0.2, 0.25) is 0 Å². The Balaban J connectivity index is 1.40. The van der Waals surface area contributed by atoms with Crippen LogP contribution in [-0.4, -0.2) is 34.2 Å². The first kappa shape index (κ1) is 13.8. The minimum atomic E-state index is -0.0588. The Morgan fingerprint density at radius 3 is 2.73 bits per heavy atom. The third-order valence-corrected chi connectivity index (χ3v) is 5.49. The number of anilines is 1. The van der Waals surface area contributed by atoms with Crippen molar-refractivity contribution in [2.45, 2.75) is 25.7 Å². The molecule has 2 unspecified atom stereocenters. The maximum Gasteiger partial charge on any atom is 0.323 e. The Kier molecular flexibility index (Phi) is 3.57. The molecule has 2 aromatic heterocycles. The van der Waals surface area contributed by atoms with Crippen LogP contribution in [0.1, 0.15) is 25.7 Å². The molecule has 2 atom stereocenters. The first-order chi connectivity index (χ1) is 10.8. The van der Waals surface area contributed by atoms with Crippen LogP contribution in [-0.2, 0) is 0 Å². The van der Waals surface area contributed by atoms with E-state index in [1.54, 1.807) is 12.3 Å². The second-order valence-corrected chi connectivity index (χ2v) is 7.01. The van der Waals surface area contributed by atoms with E-state index in [9.17, 15) is 4.79 Å². The van der Waals surface area contributed by atoms with E-state index in [4.69, 9.17) is 4.42 Å². The molecule has 1 N–H and O–H groups in total. The Bertz CT molecular complexity index is 640. The summed E-state index contributed by atoms with van der Waals surface area (Å²) in [5, 5.41) is 12.1. The summed E-state index contributed by atoms with van der Waals surface area (Å²) in [6, 6.07) is 3.58. The summed E-state index contributed by atoms with van der Waals surface area (Å²) in [4.78, 5) is 14.3. The first-order valence-electron chi connectivity index (χ1n) is 7.73. The molecule has 6 nitrogen and oxygen atoms in total. The van der Waals surface area contributed by atoms with Gasteiger partial charge in [0, 0.05) is 13.1 Å². The lowest BCUT2D eigenvalue weighted by Gasteiger charge is -2.22. The molecule has 4 rings (SSSR count). The van der Waals surface area contributed by atoms with E-state index in [1.165, 1.54) is 37.0 Å². The quantitative estimate of drug-likeness (QED) is 0.920. The van der Waals surface area contributed by atoms with Gasteiger partial charge in [-0.1, -0.05) is 24.2 Å². The number of likely N-dealkylation sites (tertiary alicyclic amines) is 1. The van der Waals surface area contributed by atoms with Crippen molar-refractivity contribution in [1.82, 2.24) is 15.1 Å². The molecule has 2 aromatic rings. The zero-order valence-corrected chi connectivity index (χ0v) is 13.0. The van der Waals surface area contributed by atoms with Crippen molar-refractivity contribution in [3.63, 3.8) is 0 Å².